The average Bonchev–Trinajstić information content (AvgIpc) is 3.08. The number of halogens is 2. The van der Waals surface area contributed by atoms with Gasteiger partial charge >= 0.3 is 0 Å². The second-order valence-corrected chi connectivity index (χ2v) is 9.23. The lowest BCUT2D eigenvalue weighted by molar-refractivity contribution is 0.102. The predicted molar refractivity (Wildman–Crippen MR) is 119 cm³/mol. The Morgan fingerprint density at radius 2 is 1.97 bits per heavy atom. The summed E-state index contributed by atoms with van der Waals surface area (Å²) < 4.78 is 28.4. The van der Waals surface area contributed by atoms with E-state index >= 15 is 0 Å². The van der Waals surface area contributed by atoms with E-state index in [2.05, 4.69) is 22.2 Å². The molecular weight excluding hydrogens is 436 g/mol. The third-order valence-corrected chi connectivity index (χ3v) is 6.53. The van der Waals surface area contributed by atoms with Gasteiger partial charge in [0, 0.05) is 24.4 Å². The fourth-order valence-corrected chi connectivity index (χ4v) is 5.20. The van der Waals surface area contributed by atoms with E-state index < -0.39 is 28.9 Å². The molecule has 6 N–H and O–H groups in total. The van der Waals surface area contributed by atoms with Crippen LogP contribution >= 0.6 is 11.3 Å². The molecule has 2 aromatic heterocycles. The number of nitrogens with one attached hydrogen (secondary N) is 1. The van der Waals surface area contributed by atoms with Gasteiger partial charge in [0.25, 0.3) is 5.91 Å². The molecule has 1 aromatic carbocycles. The summed E-state index contributed by atoms with van der Waals surface area (Å²) in [5.74, 6) is -2.51. The summed E-state index contributed by atoms with van der Waals surface area (Å²) in [6, 6.07) is 3.50. The summed E-state index contributed by atoms with van der Waals surface area (Å²) in [6.07, 6.45) is 5.94. The van der Waals surface area contributed by atoms with Crippen LogP contribution in [0.2, 0.25) is 0 Å². The molecule has 4 rings (SSSR count). The van der Waals surface area contributed by atoms with Crippen molar-refractivity contribution >= 4 is 27.9 Å². The molecule has 1 aliphatic rings. The van der Waals surface area contributed by atoms with Crippen molar-refractivity contribution in [2.45, 2.75) is 38.1 Å². The number of pyridine rings is 1. The number of hydrogen-bond donors (Lipinski definition) is 4. The molecule has 1 aliphatic carbocycles. The third kappa shape index (κ3) is 4.42. The highest BCUT2D eigenvalue weighted by Gasteiger charge is 2.28. The maximum atomic E-state index is 14.2. The lowest BCUT2D eigenvalue weighted by atomic mass is 9.76. The van der Waals surface area contributed by atoms with E-state index in [-0.39, 0.29) is 27.7 Å². The molecule has 10 heteroatoms. The molecule has 1 saturated carbocycles. The largest absolute Gasteiger partial charge is 0.508 e. The van der Waals surface area contributed by atoms with Gasteiger partial charge < -0.3 is 21.9 Å². The number of amides is 1. The molecular formula is C22H23F2N5O2S. The predicted octanol–water partition coefficient (Wildman–Crippen LogP) is 4.25. The minimum atomic E-state index is -1.000. The molecule has 0 bridgehead atoms. The van der Waals surface area contributed by atoms with E-state index in [4.69, 9.17) is 11.5 Å². The zero-order chi connectivity index (χ0) is 23.0. The van der Waals surface area contributed by atoms with Crippen molar-refractivity contribution in [1.82, 2.24) is 9.97 Å². The molecule has 0 aliphatic heterocycles. The summed E-state index contributed by atoms with van der Waals surface area (Å²) in [7, 11) is 0. The number of carbonyl (C=O) groups excluding carboxylic acids is 1. The number of aromatic hydroxyl groups is 1. The molecule has 168 valence electrons. The first-order chi connectivity index (χ1) is 15.2. The van der Waals surface area contributed by atoms with E-state index in [0.29, 0.717) is 11.6 Å². The van der Waals surface area contributed by atoms with Crippen LogP contribution in [0.1, 0.15) is 48.2 Å². The average molecular weight is 460 g/mol. The van der Waals surface area contributed by atoms with Crippen molar-refractivity contribution in [3.05, 3.63) is 53.5 Å². The van der Waals surface area contributed by atoms with E-state index in [1.54, 1.807) is 12.4 Å². The quantitative estimate of drug-likeness (QED) is 0.462. The molecule has 3 unspecified atom stereocenters. The number of phenols is 1. The van der Waals surface area contributed by atoms with Crippen LogP contribution in [-0.2, 0) is 0 Å². The number of nitrogen functional groups attached to an aromatic ring is 1. The van der Waals surface area contributed by atoms with Gasteiger partial charge in [0.05, 0.1) is 17.4 Å². The summed E-state index contributed by atoms with van der Waals surface area (Å²) in [4.78, 5) is 21.1. The molecule has 1 fully saturated rings. The maximum absolute atomic E-state index is 14.2. The molecule has 0 saturated heterocycles. The van der Waals surface area contributed by atoms with Crippen molar-refractivity contribution in [2.75, 3.05) is 11.1 Å². The minimum Gasteiger partial charge on any atom is -0.508 e. The number of aromatic nitrogens is 2. The Bertz CT molecular complexity index is 1140. The summed E-state index contributed by atoms with van der Waals surface area (Å²) in [5.41, 5.74) is 13.0. The zero-order valence-electron chi connectivity index (χ0n) is 17.3. The van der Waals surface area contributed by atoms with Gasteiger partial charge in [-0.05, 0) is 42.7 Å². The highest BCUT2D eigenvalue weighted by atomic mass is 32.1. The van der Waals surface area contributed by atoms with E-state index in [0.717, 1.165) is 48.3 Å². The van der Waals surface area contributed by atoms with Crippen molar-refractivity contribution in [3.8, 4) is 16.3 Å². The fraction of sp³-hybridized carbons (Fsp3) is 0.318. The fourth-order valence-electron chi connectivity index (χ4n) is 4.32. The van der Waals surface area contributed by atoms with Gasteiger partial charge in [0.2, 0.25) is 0 Å². The van der Waals surface area contributed by atoms with Gasteiger partial charge in [-0.25, -0.2) is 13.8 Å². The molecule has 32 heavy (non-hydrogen) atoms. The normalized spacial score (nSPS) is 20.8. The van der Waals surface area contributed by atoms with Crippen LogP contribution in [0.25, 0.3) is 10.6 Å². The number of nitrogens with zero attached hydrogens (tertiary/aromatic N) is 2. The standard InChI is InChI=1S/C22H23F2N5O2S/c1-10-4-11(6-12(25)5-10)14-2-3-27-9-17(14)28-21(31)19-20(26)32-22(29-19)18-15(23)7-13(30)8-16(18)24/h2-3,7-12,30H,4-6,25-26H2,1H3,(H,28,31). The van der Waals surface area contributed by atoms with Crippen molar-refractivity contribution in [1.29, 1.82) is 0 Å². The highest BCUT2D eigenvalue weighted by Crippen LogP contribution is 2.39. The number of benzene rings is 1. The van der Waals surface area contributed by atoms with E-state index in [9.17, 15) is 18.7 Å². The minimum absolute atomic E-state index is 0.0168. The topological polar surface area (TPSA) is 127 Å². The van der Waals surface area contributed by atoms with Crippen molar-refractivity contribution in [3.63, 3.8) is 0 Å². The monoisotopic (exact) mass is 459 g/mol. The zero-order valence-corrected chi connectivity index (χ0v) is 18.1. The van der Waals surface area contributed by atoms with E-state index in [1.807, 2.05) is 6.07 Å². The first-order valence-electron chi connectivity index (χ1n) is 10.2. The second-order valence-electron chi connectivity index (χ2n) is 8.20. The Labute approximate surface area is 187 Å². The Hall–Kier alpha value is -3.11. The number of anilines is 2. The summed E-state index contributed by atoms with van der Waals surface area (Å²) in [6.45, 7) is 2.16. The van der Waals surface area contributed by atoms with Crippen molar-refractivity contribution in [2.24, 2.45) is 11.7 Å². The molecule has 0 radical (unpaired) electrons. The number of nitrogens with two attached hydrogens (primary N) is 2. The Morgan fingerprint density at radius 3 is 2.66 bits per heavy atom. The summed E-state index contributed by atoms with van der Waals surface area (Å²) >= 11 is 0.785. The van der Waals surface area contributed by atoms with Gasteiger partial charge in [-0.1, -0.05) is 18.3 Å². The third-order valence-electron chi connectivity index (χ3n) is 5.63. The molecule has 0 spiro atoms. The van der Waals surface area contributed by atoms with Crippen LogP contribution in [0.4, 0.5) is 19.5 Å². The van der Waals surface area contributed by atoms with Crippen LogP contribution in [0.3, 0.4) is 0 Å². The smallest absolute Gasteiger partial charge is 0.277 e. The van der Waals surface area contributed by atoms with Gasteiger partial charge in [0.1, 0.15) is 27.4 Å². The summed E-state index contributed by atoms with van der Waals surface area (Å²) in [5, 5.41) is 12.1. The molecule has 3 aromatic rings. The first-order valence-corrected chi connectivity index (χ1v) is 11.0. The van der Waals surface area contributed by atoms with Gasteiger partial charge in [0.15, 0.2) is 5.69 Å². The molecule has 7 nitrogen and oxygen atoms in total. The van der Waals surface area contributed by atoms with E-state index in [1.165, 1.54) is 0 Å². The van der Waals surface area contributed by atoms with Crippen LogP contribution in [0.5, 0.6) is 5.75 Å². The number of hydrogen-bond acceptors (Lipinski definition) is 7. The number of rotatable bonds is 4. The highest BCUT2D eigenvalue weighted by molar-refractivity contribution is 7.19. The molecule has 1 amide bonds. The first kappa shape index (κ1) is 22.1. The number of thiazole rings is 1. The Morgan fingerprint density at radius 1 is 1.25 bits per heavy atom. The second kappa shape index (κ2) is 8.79. The van der Waals surface area contributed by atoms with Crippen LogP contribution in [0.15, 0.2) is 30.6 Å². The Balaban J connectivity index is 1.61. The van der Waals surface area contributed by atoms with Gasteiger partial charge in [-0.3, -0.25) is 9.78 Å². The van der Waals surface area contributed by atoms with Gasteiger partial charge in [-0.2, -0.15) is 0 Å². The van der Waals surface area contributed by atoms with Gasteiger partial charge in [-0.15, -0.1) is 0 Å². The lowest BCUT2D eigenvalue weighted by Gasteiger charge is -2.32. The van der Waals surface area contributed by atoms with Crippen LogP contribution in [-0.4, -0.2) is 27.0 Å². The maximum Gasteiger partial charge on any atom is 0.277 e. The molecule has 2 heterocycles. The van der Waals surface area contributed by atoms with Crippen LogP contribution in [0, 0.1) is 17.6 Å². The van der Waals surface area contributed by atoms with Crippen LogP contribution < -0.4 is 16.8 Å². The Kier molecular flexibility index (Phi) is 6.07. The van der Waals surface area contributed by atoms with Crippen molar-refractivity contribution < 1.29 is 18.7 Å². The SMILES string of the molecule is CC1CC(N)CC(c2ccncc2NC(=O)c2nc(-c3c(F)cc(O)cc3F)sc2N)C1. The lowest BCUT2D eigenvalue weighted by Crippen LogP contribution is -2.31. The number of carbonyl (C=O) groups is 1. The number of phenolic OH excluding ortho intramolecular Hbond substituents is 1. The molecule has 3 atom stereocenters.